The van der Waals surface area contributed by atoms with Gasteiger partial charge in [0.25, 0.3) is 0 Å². The maximum atomic E-state index is 11.2. The Balaban J connectivity index is 2.50. The predicted molar refractivity (Wildman–Crippen MR) is 54.5 cm³/mol. The van der Waals surface area contributed by atoms with Gasteiger partial charge in [-0.1, -0.05) is 13.8 Å². The molecule has 0 spiro atoms. The lowest BCUT2D eigenvalue weighted by Crippen LogP contribution is -2.46. The summed E-state index contributed by atoms with van der Waals surface area (Å²) in [4.78, 5) is 2.27. The molecule has 78 valence electrons. The molecule has 0 saturated carbocycles. The molecule has 1 unspecified atom stereocenters. The van der Waals surface area contributed by atoms with E-state index in [2.05, 4.69) is 25.7 Å². The summed E-state index contributed by atoms with van der Waals surface area (Å²) < 4.78 is 22.3. The van der Waals surface area contributed by atoms with Crippen LogP contribution >= 0.6 is 0 Å². The van der Waals surface area contributed by atoms with E-state index in [-0.39, 0.29) is 0 Å². The molecule has 13 heavy (non-hydrogen) atoms. The van der Waals surface area contributed by atoms with Crippen molar-refractivity contribution < 1.29 is 8.42 Å². The molecular formula is C9H19NO2S. The Hall–Kier alpha value is -0.0900. The van der Waals surface area contributed by atoms with E-state index in [1.54, 1.807) is 0 Å². The molecule has 1 rings (SSSR count). The maximum absolute atomic E-state index is 11.2. The fourth-order valence-electron chi connectivity index (χ4n) is 1.56. The first-order valence-corrected chi connectivity index (χ1v) is 6.69. The highest BCUT2D eigenvalue weighted by molar-refractivity contribution is 7.91. The second-order valence-electron chi connectivity index (χ2n) is 4.17. The summed E-state index contributed by atoms with van der Waals surface area (Å²) in [6.07, 6.45) is 0. The first-order chi connectivity index (χ1) is 5.92. The van der Waals surface area contributed by atoms with Gasteiger partial charge < -0.3 is 0 Å². The van der Waals surface area contributed by atoms with Crippen molar-refractivity contribution in [1.29, 1.82) is 0 Å². The Morgan fingerprint density at radius 1 is 1.08 bits per heavy atom. The van der Waals surface area contributed by atoms with Crippen LogP contribution in [-0.2, 0) is 9.84 Å². The summed E-state index contributed by atoms with van der Waals surface area (Å²) in [5.74, 6) is 1.27. The van der Waals surface area contributed by atoms with Crippen LogP contribution in [0.3, 0.4) is 0 Å². The molecule has 1 saturated heterocycles. The second-order valence-corrected chi connectivity index (χ2v) is 6.48. The molecule has 1 aliphatic heterocycles. The van der Waals surface area contributed by atoms with Crippen molar-refractivity contribution in [3.63, 3.8) is 0 Å². The topological polar surface area (TPSA) is 37.4 Å². The van der Waals surface area contributed by atoms with Gasteiger partial charge in [-0.15, -0.1) is 0 Å². The molecule has 1 fully saturated rings. The van der Waals surface area contributed by atoms with Gasteiger partial charge >= 0.3 is 0 Å². The number of nitrogens with zero attached hydrogens (tertiary/aromatic N) is 1. The average Bonchev–Trinajstić information content (AvgIpc) is 2.03. The molecule has 1 aliphatic rings. The van der Waals surface area contributed by atoms with E-state index in [1.807, 2.05) is 0 Å². The molecule has 0 aromatic heterocycles. The van der Waals surface area contributed by atoms with Crippen LogP contribution < -0.4 is 0 Å². The number of hydrogen-bond donors (Lipinski definition) is 0. The van der Waals surface area contributed by atoms with Crippen molar-refractivity contribution >= 4 is 9.84 Å². The molecule has 0 N–H and O–H groups in total. The van der Waals surface area contributed by atoms with Crippen LogP contribution in [0.25, 0.3) is 0 Å². The highest BCUT2D eigenvalue weighted by Crippen LogP contribution is 2.13. The molecule has 1 atom stereocenters. The summed E-state index contributed by atoms with van der Waals surface area (Å²) in [7, 11) is -2.72. The molecule has 0 bridgehead atoms. The zero-order chi connectivity index (χ0) is 10.1. The fraction of sp³-hybridized carbons (Fsp3) is 1.00. The van der Waals surface area contributed by atoms with Gasteiger partial charge in [0.05, 0.1) is 11.5 Å². The van der Waals surface area contributed by atoms with Crippen molar-refractivity contribution in [2.75, 3.05) is 24.6 Å². The highest BCUT2D eigenvalue weighted by Gasteiger charge is 2.25. The SMILES string of the molecule is CC(C)C(C)N1CCS(=O)(=O)CC1. The zero-order valence-electron chi connectivity index (χ0n) is 8.66. The first-order valence-electron chi connectivity index (χ1n) is 4.87. The minimum Gasteiger partial charge on any atom is -0.298 e. The zero-order valence-corrected chi connectivity index (χ0v) is 9.47. The second kappa shape index (κ2) is 3.96. The summed E-state index contributed by atoms with van der Waals surface area (Å²) in [5.41, 5.74) is 0. The highest BCUT2D eigenvalue weighted by atomic mass is 32.2. The van der Waals surface area contributed by atoms with E-state index in [0.717, 1.165) is 0 Å². The van der Waals surface area contributed by atoms with Crippen LogP contribution in [0.4, 0.5) is 0 Å². The Morgan fingerprint density at radius 3 is 1.92 bits per heavy atom. The lowest BCUT2D eigenvalue weighted by molar-refractivity contribution is 0.182. The average molecular weight is 205 g/mol. The summed E-state index contributed by atoms with van der Waals surface area (Å²) >= 11 is 0. The van der Waals surface area contributed by atoms with Gasteiger partial charge in [0.15, 0.2) is 9.84 Å². The molecule has 4 heteroatoms. The van der Waals surface area contributed by atoms with Gasteiger partial charge in [0, 0.05) is 19.1 Å². The van der Waals surface area contributed by atoms with Crippen LogP contribution in [0.1, 0.15) is 20.8 Å². The third-order valence-electron chi connectivity index (χ3n) is 2.92. The van der Waals surface area contributed by atoms with Gasteiger partial charge in [-0.2, -0.15) is 0 Å². The van der Waals surface area contributed by atoms with Gasteiger partial charge in [0.1, 0.15) is 0 Å². The van der Waals surface area contributed by atoms with E-state index in [4.69, 9.17) is 0 Å². The number of hydrogen-bond acceptors (Lipinski definition) is 3. The fourth-order valence-corrected chi connectivity index (χ4v) is 2.78. The van der Waals surface area contributed by atoms with E-state index in [1.165, 1.54) is 0 Å². The van der Waals surface area contributed by atoms with Crippen molar-refractivity contribution in [2.45, 2.75) is 26.8 Å². The summed E-state index contributed by atoms with van der Waals surface area (Å²) in [6, 6.07) is 0.496. The lowest BCUT2D eigenvalue weighted by Gasteiger charge is -2.34. The summed E-state index contributed by atoms with van der Waals surface area (Å²) in [6.45, 7) is 7.94. The van der Waals surface area contributed by atoms with E-state index in [0.29, 0.717) is 36.6 Å². The van der Waals surface area contributed by atoms with E-state index >= 15 is 0 Å². The third kappa shape index (κ3) is 2.95. The van der Waals surface area contributed by atoms with Gasteiger partial charge in [-0.05, 0) is 12.8 Å². The quantitative estimate of drug-likeness (QED) is 0.668. The van der Waals surface area contributed by atoms with Gasteiger partial charge in [0.2, 0.25) is 0 Å². The molecule has 0 radical (unpaired) electrons. The van der Waals surface area contributed by atoms with Crippen LogP contribution in [-0.4, -0.2) is 44.0 Å². The standard InChI is InChI=1S/C9H19NO2S/c1-8(2)9(3)10-4-6-13(11,12)7-5-10/h8-9H,4-7H2,1-3H3. The van der Waals surface area contributed by atoms with E-state index in [9.17, 15) is 8.42 Å². The van der Waals surface area contributed by atoms with Crippen molar-refractivity contribution in [1.82, 2.24) is 4.90 Å². The first kappa shape index (κ1) is 11.0. The van der Waals surface area contributed by atoms with E-state index < -0.39 is 9.84 Å². The van der Waals surface area contributed by atoms with Crippen LogP contribution in [0.15, 0.2) is 0 Å². The van der Waals surface area contributed by atoms with Crippen molar-refractivity contribution in [3.8, 4) is 0 Å². The minimum atomic E-state index is -2.72. The normalized spacial score (nSPS) is 26.2. The third-order valence-corrected chi connectivity index (χ3v) is 4.53. The Morgan fingerprint density at radius 2 is 1.54 bits per heavy atom. The Labute approximate surface area is 81.0 Å². The molecule has 3 nitrogen and oxygen atoms in total. The Bertz CT molecular complexity index is 245. The Kier molecular flexibility index (Phi) is 3.35. The van der Waals surface area contributed by atoms with Crippen molar-refractivity contribution in [2.24, 2.45) is 5.92 Å². The van der Waals surface area contributed by atoms with Crippen LogP contribution in [0, 0.1) is 5.92 Å². The summed E-state index contributed by atoms with van der Waals surface area (Å²) in [5, 5.41) is 0. The molecule has 0 aromatic carbocycles. The molecule has 0 amide bonds. The van der Waals surface area contributed by atoms with Gasteiger partial charge in [-0.25, -0.2) is 8.42 Å². The smallest absolute Gasteiger partial charge is 0.152 e. The van der Waals surface area contributed by atoms with Crippen molar-refractivity contribution in [3.05, 3.63) is 0 Å². The molecule has 1 heterocycles. The van der Waals surface area contributed by atoms with Gasteiger partial charge in [-0.3, -0.25) is 4.90 Å². The molecule has 0 aromatic rings. The largest absolute Gasteiger partial charge is 0.298 e. The number of sulfone groups is 1. The van der Waals surface area contributed by atoms with Crippen LogP contribution in [0.2, 0.25) is 0 Å². The minimum absolute atomic E-state index is 0.337. The lowest BCUT2D eigenvalue weighted by atomic mass is 10.1. The molecule has 0 aliphatic carbocycles. The monoisotopic (exact) mass is 205 g/mol. The predicted octanol–water partition coefficient (Wildman–Crippen LogP) is 0.761. The molecular weight excluding hydrogens is 186 g/mol. The number of rotatable bonds is 2. The van der Waals surface area contributed by atoms with Crippen LogP contribution in [0.5, 0.6) is 0 Å². The maximum Gasteiger partial charge on any atom is 0.152 e.